The fourth-order valence-electron chi connectivity index (χ4n) is 3.63. The predicted molar refractivity (Wildman–Crippen MR) is 78.1 cm³/mol. The monoisotopic (exact) mass is 306 g/mol. The minimum absolute atomic E-state index is 0.0415. The van der Waals surface area contributed by atoms with Gasteiger partial charge in [0.1, 0.15) is 12.2 Å². The summed E-state index contributed by atoms with van der Waals surface area (Å²) in [5, 5.41) is 0. The first kappa shape index (κ1) is 14.6. The molecule has 3 saturated heterocycles. The second-order valence-corrected chi connectivity index (χ2v) is 6.22. The van der Waals surface area contributed by atoms with Crippen molar-refractivity contribution in [1.29, 1.82) is 0 Å². The molecule has 1 aromatic rings. The molecule has 22 heavy (non-hydrogen) atoms. The molecule has 3 heterocycles. The van der Waals surface area contributed by atoms with Crippen molar-refractivity contribution in [3.63, 3.8) is 0 Å². The summed E-state index contributed by atoms with van der Waals surface area (Å²) in [6.07, 6.45) is -0.805. The van der Waals surface area contributed by atoms with Crippen molar-refractivity contribution < 1.29 is 23.7 Å². The molecular weight excluding hydrogens is 284 g/mol. The number of ether oxygens (including phenoxy) is 5. The minimum atomic E-state index is -0.723. The van der Waals surface area contributed by atoms with Gasteiger partial charge in [0.25, 0.3) is 0 Å². The van der Waals surface area contributed by atoms with E-state index in [1.807, 2.05) is 30.3 Å². The quantitative estimate of drug-likeness (QED) is 0.796. The molecule has 3 aliphatic rings. The third-order valence-corrected chi connectivity index (χ3v) is 4.95. The van der Waals surface area contributed by atoms with Crippen LogP contribution in [-0.4, -0.2) is 43.9 Å². The lowest BCUT2D eigenvalue weighted by atomic mass is 9.84. The van der Waals surface area contributed by atoms with Gasteiger partial charge in [-0.1, -0.05) is 37.3 Å². The van der Waals surface area contributed by atoms with Crippen molar-refractivity contribution >= 4 is 0 Å². The van der Waals surface area contributed by atoms with E-state index in [4.69, 9.17) is 23.7 Å². The van der Waals surface area contributed by atoms with E-state index in [1.54, 1.807) is 0 Å². The summed E-state index contributed by atoms with van der Waals surface area (Å²) in [5.74, 6) is -0.621. The fraction of sp³-hybridized carbons (Fsp3) is 0.647. The second-order valence-electron chi connectivity index (χ2n) is 6.22. The van der Waals surface area contributed by atoms with Crippen LogP contribution < -0.4 is 0 Å². The van der Waals surface area contributed by atoms with E-state index in [9.17, 15) is 0 Å². The standard InChI is InChI=1S/C17H22O5/c1-11-12(2)21-14-10-18-16(13-6-4-3-5-7-13)22-15(14)17(11)19-8-9-20-17/h3-7,11-12,14-16H,8-10H2,1-2H3/t11?,12?,14-,15+,16?/m1/s1. The van der Waals surface area contributed by atoms with Crippen LogP contribution in [0.1, 0.15) is 25.7 Å². The van der Waals surface area contributed by atoms with E-state index in [2.05, 4.69) is 13.8 Å². The SMILES string of the molecule is CC1O[C@@H]2COC(c3ccccc3)O[C@@H]2C2(OCCO2)C1C. The van der Waals surface area contributed by atoms with Crippen molar-refractivity contribution in [2.75, 3.05) is 19.8 Å². The van der Waals surface area contributed by atoms with Crippen molar-refractivity contribution in [2.24, 2.45) is 5.92 Å². The van der Waals surface area contributed by atoms with Gasteiger partial charge in [0, 0.05) is 11.5 Å². The summed E-state index contributed by atoms with van der Waals surface area (Å²) in [6, 6.07) is 9.95. The normalized spacial score (nSPS) is 40.5. The van der Waals surface area contributed by atoms with Crippen LogP contribution in [0.15, 0.2) is 30.3 Å². The number of benzene rings is 1. The largest absolute Gasteiger partial charge is 0.369 e. The van der Waals surface area contributed by atoms with Crippen LogP contribution in [0.4, 0.5) is 0 Å². The lowest BCUT2D eigenvalue weighted by Gasteiger charge is -2.52. The zero-order chi connectivity index (χ0) is 15.2. The summed E-state index contributed by atoms with van der Waals surface area (Å²) in [5.41, 5.74) is 1.00. The van der Waals surface area contributed by atoms with E-state index < -0.39 is 12.1 Å². The van der Waals surface area contributed by atoms with Crippen molar-refractivity contribution in [2.45, 2.75) is 44.2 Å². The van der Waals surface area contributed by atoms with Crippen LogP contribution in [-0.2, 0) is 23.7 Å². The van der Waals surface area contributed by atoms with E-state index in [1.165, 1.54) is 0 Å². The molecule has 5 nitrogen and oxygen atoms in total. The molecule has 0 aromatic heterocycles. The van der Waals surface area contributed by atoms with Crippen LogP contribution in [0.3, 0.4) is 0 Å². The maximum absolute atomic E-state index is 6.24. The van der Waals surface area contributed by atoms with E-state index in [-0.39, 0.29) is 24.2 Å². The van der Waals surface area contributed by atoms with Gasteiger partial charge in [-0.15, -0.1) is 0 Å². The van der Waals surface area contributed by atoms with Crippen LogP contribution in [0.2, 0.25) is 0 Å². The predicted octanol–water partition coefficient (Wildman–Crippen LogP) is 2.27. The summed E-state index contributed by atoms with van der Waals surface area (Å²) in [7, 11) is 0. The number of hydrogen-bond acceptors (Lipinski definition) is 5. The minimum Gasteiger partial charge on any atom is -0.369 e. The topological polar surface area (TPSA) is 46.2 Å². The first-order chi connectivity index (χ1) is 10.7. The van der Waals surface area contributed by atoms with Gasteiger partial charge in [-0.3, -0.25) is 0 Å². The summed E-state index contributed by atoms with van der Waals surface area (Å²) in [6.45, 7) is 5.83. The van der Waals surface area contributed by atoms with Gasteiger partial charge in [-0.2, -0.15) is 0 Å². The van der Waals surface area contributed by atoms with E-state index in [0.717, 1.165) is 5.56 Å². The Labute approximate surface area is 130 Å². The van der Waals surface area contributed by atoms with Crippen molar-refractivity contribution in [1.82, 2.24) is 0 Å². The molecule has 0 amide bonds. The van der Waals surface area contributed by atoms with Gasteiger partial charge in [0.05, 0.1) is 25.9 Å². The van der Waals surface area contributed by atoms with Crippen molar-refractivity contribution in [3.05, 3.63) is 35.9 Å². The molecule has 0 bridgehead atoms. The summed E-state index contributed by atoms with van der Waals surface area (Å²) < 4.78 is 30.2. The smallest absolute Gasteiger partial charge is 0.202 e. The number of hydrogen-bond donors (Lipinski definition) is 0. The molecule has 5 heteroatoms. The highest BCUT2D eigenvalue weighted by Gasteiger charge is 2.60. The first-order valence-electron chi connectivity index (χ1n) is 7.96. The Morgan fingerprint density at radius 2 is 1.73 bits per heavy atom. The Kier molecular flexibility index (Phi) is 3.71. The van der Waals surface area contributed by atoms with Crippen LogP contribution >= 0.6 is 0 Å². The highest BCUT2D eigenvalue weighted by Crippen LogP contribution is 2.46. The molecule has 0 radical (unpaired) electrons. The number of fused-ring (bicyclic) bond motifs is 2. The average molecular weight is 306 g/mol. The Morgan fingerprint density at radius 3 is 2.45 bits per heavy atom. The first-order valence-corrected chi connectivity index (χ1v) is 7.96. The highest BCUT2D eigenvalue weighted by molar-refractivity contribution is 5.17. The molecule has 1 aromatic carbocycles. The van der Waals surface area contributed by atoms with Gasteiger partial charge in [-0.05, 0) is 6.92 Å². The molecule has 4 rings (SSSR count). The Balaban J connectivity index is 1.62. The molecule has 5 atom stereocenters. The second kappa shape index (κ2) is 5.58. The Bertz CT molecular complexity index is 513. The lowest BCUT2D eigenvalue weighted by molar-refractivity contribution is -0.389. The Morgan fingerprint density at radius 1 is 1.00 bits per heavy atom. The molecule has 3 unspecified atom stereocenters. The van der Waals surface area contributed by atoms with Crippen molar-refractivity contribution in [3.8, 4) is 0 Å². The molecule has 0 aliphatic carbocycles. The summed E-state index contributed by atoms with van der Waals surface area (Å²) >= 11 is 0. The molecule has 0 saturated carbocycles. The highest BCUT2D eigenvalue weighted by atomic mass is 16.8. The lowest BCUT2D eigenvalue weighted by Crippen LogP contribution is -2.66. The summed E-state index contributed by atoms with van der Waals surface area (Å²) in [4.78, 5) is 0. The average Bonchev–Trinajstić information content (AvgIpc) is 3.04. The van der Waals surface area contributed by atoms with Crippen LogP contribution in [0.25, 0.3) is 0 Å². The van der Waals surface area contributed by atoms with Gasteiger partial charge >= 0.3 is 0 Å². The molecule has 1 spiro atoms. The van der Waals surface area contributed by atoms with Crippen LogP contribution in [0.5, 0.6) is 0 Å². The fourth-order valence-corrected chi connectivity index (χ4v) is 3.63. The number of rotatable bonds is 1. The molecular formula is C17H22O5. The maximum atomic E-state index is 6.24. The third-order valence-electron chi connectivity index (χ3n) is 4.95. The third kappa shape index (κ3) is 2.20. The zero-order valence-corrected chi connectivity index (χ0v) is 12.9. The molecule has 120 valence electrons. The van der Waals surface area contributed by atoms with E-state index >= 15 is 0 Å². The van der Waals surface area contributed by atoms with Gasteiger partial charge in [0.15, 0.2) is 6.29 Å². The Hall–Kier alpha value is -0.980. The maximum Gasteiger partial charge on any atom is 0.202 e. The zero-order valence-electron chi connectivity index (χ0n) is 12.9. The van der Waals surface area contributed by atoms with Gasteiger partial charge < -0.3 is 23.7 Å². The van der Waals surface area contributed by atoms with Gasteiger partial charge in [0.2, 0.25) is 5.79 Å². The van der Waals surface area contributed by atoms with Gasteiger partial charge in [-0.25, -0.2) is 0 Å². The van der Waals surface area contributed by atoms with E-state index in [0.29, 0.717) is 19.8 Å². The molecule has 3 fully saturated rings. The van der Waals surface area contributed by atoms with Crippen LogP contribution in [0, 0.1) is 5.92 Å². The molecule has 0 N–H and O–H groups in total. The molecule has 3 aliphatic heterocycles.